The number of benzene rings is 1. The van der Waals surface area contributed by atoms with E-state index >= 15 is 0 Å². The summed E-state index contributed by atoms with van der Waals surface area (Å²) in [5.74, 6) is 0.100. The first-order valence-corrected chi connectivity index (χ1v) is 8.72. The third kappa shape index (κ3) is 5.10. The van der Waals surface area contributed by atoms with Crippen LogP contribution in [0.5, 0.6) is 0 Å². The number of carbonyl (C=O) groups excluding carboxylic acids is 1. The van der Waals surface area contributed by atoms with Gasteiger partial charge >= 0.3 is 6.09 Å². The molecule has 23 heavy (non-hydrogen) atoms. The Kier molecular flexibility index (Phi) is 5.39. The first-order chi connectivity index (χ1) is 10.9. The highest BCUT2D eigenvalue weighted by Crippen LogP contribution is 2.18. The zero-order valence-corrected chi connectivity index (χ0v) is 13.7. The van der Waals surface area contributed by atoms with Crippen LogP contribution >= 0.6 is 0 Å². The zero-order valence-electron chi connectivity index (χ0n) is 12.9. The third-order valence-corrected chi connectivity index (χ3v) is 4.62. The maximum Gasteiger partial charge on any atom is 0.426 e. The van der Waals surface area contributed by atoms with E-state index < -0.39 is 16.1 Å². The fraction of sp³-hybridized carbons (Fsp3) is 0.235. The predicted octanol–water partition coefficient (Wildman–Crippen LogP) is 3.59. The van der Waals surface area contributed by atoms with E-state index in [0.29, 0.717) is 0 Å². The van der Waals surface area contributed by atoms with Gasteiger partial charge in [-0.3, -0.25) is 0 Å². The minimum atomic E-state index is -3.96. The van der Waals surface area contributed by atoms with Gasteiger partial charge in [-0.25, -0.2) is 17.9 Å². The van der Waals surface area contributed by atoms with Gasteiger partial charge in [0.25, 0.3) is 10.0 Å². The second-order valence-corrected chi connectivity index (χ2v) is 6.97. The number of amides is 1. The van der Waals surface area contributed by atoms with Gasteiger partial charge in [0, 0.05) is 0 Å². The van der Waals surface area contributed by atoms with Gasteiger partial charge in [-0.05, 0) is 50.0 Å². The summed E-state index contributed by atoms with van der Waals surface area (Å²) >= 11 is 0. The first kappa shape index (κ1) is 17.0. The normalized spacial score (nSPS) is 16.1. The zero-order chi connectivity index (χ0) is 16.9. The van der Waals surface area contributed by atoms with Crippen LogP contribution in [0, 0.1) is 6.92 Å². The molecule has 0 atom stereocenters. The van der Waals surface area contributed by atoms with E-state index in [1.54, 1.807) is 18.2 Å². The molecule has 1 aliphatic carbocycles. The largest absolute Gasteiger partial charge is 0.426 e. The SMILES string of the molecule is C=C(/C=C1/C=CCCC1)OC(=O)NS(=O)(=O)c1ccc(C)cc1. The topological polar surface area (TPSA) is 72.5 Å². The lowest BCUT2D eigenvalue weighted by molar-refractivity contribution is 0.186. The van der Waals surface area contributed by atoms with E-state index in [2.05, 4.69) is 6.58 Å². The summed E-state index contributed by atoms with van der Waals surface area (Å²) in [6, 6.07) is 6.15. The molecule has 0 saturated heterocycles. The number of aryl methyl sites for hydroxylation is 1. The van der Waals surface area contributed by atoms with E-state index in [1.807, 2.05) is 23.8 Å². The number of sulfonamides is 1. The fourth-order valence-electron chi connectivity index (χ4n) is 2.12. The Morgan fingerprint density at radius 1 is 1.30 bits per heavy atom. The van der Waals surface area contributed by atoms with Crippen molar-refractivity contribution in [2.75, 3.05) is 0 Å². The summed E-state index contributed by atoms with van der Waals surface area (Å²) in [5, 5.41) is 0. The Balaban J connectivity index is 1.98. The summed E-state index contributed by atoms with van der Waals surface area (Å²) in [7, 11) is -3.96. The molecule has 6 heteroatoms. The number of hydrogen-bond donors (Lipinski definition) is 1. The highest BCUT2D eigenvalue weighted by atomic mass is 32.2. The van der Waals surface area contributed by atoms with E-state index in [0.717, 1.165) is 30.4 Å². The molecule has 0 fully saturated rings. The monoisotopic (exact) mass is 333 g/mol. The lowest BCUT2D eigenvalue weighted by Crippen LogP contribution is -2.30. The molecule has 1 amide bonds. The second-order valence-electron chi connectivity index (χ2n) is 5.29. The van der Waals surface area contributed by atoms with Gasteiger partial charge < -0.3 is 4.74 Å². The average molecular weight is 333 g/mol. The van der Waals surface area contributed by atoms with Gasteiger partial charge in [-0.2, -0.15) is 0 Å². The lowest BCUT2D eigenvalue weighted by Gasteiger charge is -2.10. The van der Waals surface area contributed by atoms with Crippen molar-refractivity contribution in [3.63, 3.8) is 0 Å². The first-order valence-electron chi connectivity index (χ1n) is 7.24. The van der Waals surface area contributed by atoms with E-state index in [4.69, 9.17) is 4.74 Å². The molecular formula is C17H19NO4S. The lowest BCUT2D eigenvalue weighted by atomic mass is 10.0. The molecule has 5 nitrogen and oxygen atoms in total. The number of rotatable bonds is 4. The van der Waals surface area contributed by atoms with Crippen LogP contribution in [0.1, 0.15) is 24.8 Å². The number of allylic oxidation sites excluding steroid dienone is 4. The van der Waals surface area contributed by atoms with Crippen LogP contribution in [0.4, 0.5) is 4.79 Å². The Hall–Kier alpha value is -2.34. The van der Waals surface area contributed by atoms with Crippen LogP contribution in [-0.4, -0.2) is 14.5 Å². The van der Waals surface area contributed by atoms with Crippen molar-refractivity contribution in [3.8, 4) is 0 Å². The molecule has 1 aromatic rings. The van der Waals surface area contributed by atoms with Crippen LogP contribution in [-0.2, 0) is 14.8 Å². The summed E-state index contributed by atoms with van der Waals surface area (Å²) in [5.41, 5.74) is 1.92. The molecule has 0 unspecified atom stereocenters. The molecule has 0 bridgehead atoms. The van der Waals surface area contributed by atoms with Crippen LogP contribution in [0.3, 0.4) is 0 Å². The Morgan fingerprint density at radius 2 is 2.00 bits per heavy atom. The molecule has 1 aliphatic rings. The molecular weight excluding hydrogens is 314 g/mol. The number of ether oxygens (including phenoxy) is 1. The smallest absolute Gasteiger partial charge is 0.410 e. The minimum absolute atomic E-state index is 0.000712. The molecule has 0 aliphatic heterocycles. The van der Waals surface area contributed by atoms with Gasteiger partial charge in [-0.15, -0.1) is 0 Å². The quantitative estimate of drug-likeness (QED) is 0.855. The highest BCUT2D eigenvalue weighted by molar-refractivity contribution is 7.90. The maximum absolute atomic E-state index is 12.1. The molecule has 0 spiro atoms. The number of hydrogen-bond acceptors (Lipinski definition) is 4. The highest BCUT2D eigenvalue weighted by Gasteiger charge is 2.18. The van der Waals surface area contributed by atoms with Crippen molar-refractivity contribution in [2.45, 2.75) is 31.1 Å². The van der Waals surface area contributed by atoms with E-state index in [-0.39, 0.29) is 10.7 Å². The standard InChI is InChI=1S/C17H19NO4S/c1-13-8-10-16(11-9-13)23(20,21)18-17(19)22-14(2)12-15-6-4-3-5-7-15/h4,6,8-12H,2-3,5,7H2,1H3,(H,18,19)/b15-12-. The van der Waals surface area contributed by atoms with Crippen molar-refractivity contribution in [3.05, 3.63) is 66.0 Å². The Bertz CT molecular complexity index is 758. The number of carbonyl (C=O) groups is 1. The molecule has 1 N–H and O–H groups in total. The van der Waals surface area contributed by atoms with Crippen LogP contribution < -0.4 is 4.72 Å². The van der Waals surface area contributed by atoms with Crippen LogP contribution in [0.25, 0.3) is 0 Å². The van der Waals surface area contributed by atoms with Gasteiger partial charge in [-0.1, -0.05) is 36.4 Å². The Labute approximate surface area is 136 Å². The third-order valence-electron chi connectivity index (χ3n) is 3.29. The molecule has 0 radical (unpaired) electrons. The predicted molar refractivity (Wildman–Crippen MR) is 88.2 cm³/mol. The van der Waals surface area contributed by atoms with Gasteiger partial charge in [0.1, 0.15) is 5.76 Å². The summed E-state index contributed by atoms with van der Waals surface area (Å²) in [6.07, 6.45) is 7.47. The van der Waals surface area contributed by atoms with Crippen molar-refractivity contribution in [2.24, 2.45) is 0 Å². The summed E-state index contributed by atoms with van der Waals surface area (Å²) in [4.78, 5) is 11.7. The fourth-order valence-corrected chi connectivity index (χ4v) is 3.00. The minimum Gasteiger partial charge on any atom is -0.410 e. The van der Waals surface area contributed by atoms with Crippen LogP contribution in [0.15, 0.2) is 65.3 Å². The number of nitrogens with one attached hydrogen (secondary N) is 1. The van der Waals surface area contributed by atoms with Crippen molar-refractivity contribution in [1.82, 2.24) is 4.72 Å². The van der Waals surface area contributed by atoms with E-state index in [1.165, 1.54) is 12.1 Å². The molecule has 122 valence electrons. The average Bonchev–Trinajstić information content (AvgIpc) is 2.47. The second kappa shape index (κ2) is 7.28. The molecule has 0 aromatic heterocycles. The Morgan fingerprint density at radius 3 is 2.61 bits per heavy atom. The van der Waals surface area contributed by atoms with Gasteiger partial charge in [0.2, 0.25) is 0 Å². The molecule has 2 rings (SSSR count). The molecule has 1 aromatic carbocycles. The van der Waals surface area contributed by atoms with Gasteiger partial charge in [0.15, 0.2) is 0 Å². The maximum atomic E-state index is 12.1. The molecule has 0 saturated carbocycles. The van der Waals surface area contributed by atoms with Crippen molar-refractivity contribution < 1.29 is 17.9 Å². The summed E-state index contributed by atoms with van der Waals surface area (Å²) < 4.78 is 30.9. The van der Waals surface area contributed by atoms with Crippen molar-refractivity contribution in [1.29, 1.82) is 0 Å². The summed E-state index contributed by atoms with van der Waals surface area (Å²) in [6.45, 7) is 5.46. The van der Waals surface area contributed by atoms with Gasteiger partial charge in [0.05, 0.1) is 4.90 Å². The van der Waals surface area contributed by atoms with Crippen molar-refractivity contribution >= 4 is 16.1 Å². The molecule has 0 heterocycles. The van der Waals surface area contributed by atoms with E-state index in [9.17, 15) is 13.2 Å². The van der Waals surface area contributed by atoms with Crippen LogP contribution in [0.2, 0.25) is 0 Å².